The van der Waals surface area contributed by atoms with Crippen LogP contribution in [0.5, 0.6) is 0 Å². The van der Waals surface area contributed by atoms with Gasteiger partial charge in [-0.15, -0.1) is 0 Å². The van der Waals surface area contributed by atoms with Crippen molar-refractivity contribution >= 4 is 23.0 Å². The first-order valence-corrected chi connectivity index (χ1v) is 4.57. The Morgan fingerprint density at radius 2 is 1.71 bits per heavy atom. The van der Waals surface area contributed by atoms with Gasteiger partial charge in [-0.1, -0.05) is 23.7 Å². The SMILES string of the molecule is CC(=O)C(=C(C)O)c1ccc(Cl)cc1. The van der Waals surface area contributed by atoms with Crippen molar-refractivity contribution in [3.63, 3.8) is 0 Å². The molecule has 0 saturated heterocycles. The Morgan fingerprint density at radius 3 is 2.07 bits per heavy atom. The normalized spacial score (nSPS) is 12.2. The molecule has 0 heterocycles. The highest BCUT2D eigenvalue weighted by Crippen LogP contribution is 2.20. The van der Waals surface area contributed by atoms with E-state index < -0.39 is 0 Å². The molecule has 1 aromatic carbocycles. The third-order valence-corrected chi connectivity index (χ3v) is 2.10. The third kappa shape index (κ3) is 2.36. The van der Waals surface area contributed by atoms with E-state index in [-0.39, 0.29) is 11.5 Å². The zero-order valence-electron chi connectivity index (χ0n) is 8.04. The van der Waals surface area contributed by atoms with Crippen LogP contribution in [0.4, 0.5) is 0 Å². The maximum atomic E-state index is 11.2. The molecule has 0 saturated carbocycles. The van der Waals surface area contributed by atoms with Gasteiger partial charge in [-0.3, -0.25) is 4.79 Å². The fourth-order valence-electron chi connectivity index (χ4n) is 1.28. The Labute approximate surface area is 87.8 Å². The van der Waals surface area contributed by atoms with Gasteiger partial charge in [0.15, 0.2) is 5.78 Å². The average Bonchev–Trinajstić information content (AvgIpc) is 2.07. The molecule has 0 aliphatic heterocycles. The predicted octanol–water partition coefficient (Wildman–Crippen LogP) is 3.22. The number of halogens is 1. The van der Waals surface area contributed by atoms with Crippen LogP contribution in [0.25, 0.3) is 5.57 Å². The summed E-state index contributed by atoms with van der Waals surface area (Å²) in [5.74, 6) is -0.132. The summed E-state index contributed by atoms with van der Waals surface area (Å²) < 4.78 is 0. The second-order valence-corrected chi connectivity index (χ2v) is 3.46. The van der Waals surface area contributed by atoms with E-state index in [0.29, 0.717) is 16.2 Å². The van der Waals surface area contributed by atoms with Gasteiger partial charge < -0.3 is 5.11 Å². The number of benzene rings is 1. The molecule has 0 atom stereocenters. The molecule has 1 N–H and O–H groups in total. The lowest BCUT2D eigenvalue weighted by atomic mass is 10.0. The van der Waals surface area contributed by atoms with Gasteiger partial charge in [0.1, 0.15) is 5.76 Å². The van der Waals surface area contributed by atoms with Gasteiger partial charge in [0.2, 0.25) is 0 Å². The fraction of sp³-hybridized carbons (Fsp3) is 0.182. The molecule has 0 aliphatic rings. The first-order chi connectivity index (χ1) is 6.52. The summed E-state index contributed by atoms with van der Waals surface area (Å²) in [6.45, 7) is 2.91. The summed E-state index contributed by atoms with van der Waals surface area (Å²) in [6.07, 6.45) is 0. The quantitative estimate of drug-likeness (QED) is 0.601. The van der Waals surface area contributed by atoms with Crippen LogP contribution in [0.2, 0.25) is 5.02 Å². The van der Waals surface area contributed by atoms with Crippen LogP contribution in [0, 0.1) is 0 Å². The molecule has 0 amide bonds. The van der Waals surface area contributed by atoms with Crippen LogP contribution in [-0.4, -0.2) is 10.9 Å². The molecule has 14 heavy (non-hydrogen) atoms. The fourth-order valence-corrected chi connectivity index (χ4v) is 1.41. The number of carbonyl (C=O) groups is 1. The molecular formula is C11H11ClO2. The Hall–Kier alpha value is -1.28. The first kappa shape index (κ1) is 10.8. The lowest BCUT2D eigenvalue weighted by molar-refractivity contribution is -0.111. The van der Waals surface area contributed by atoms with E-state index in [1.54, 1.807) is 24.3 Å². The lowest BCUT2D eigenvalue weighted by Crippen LogP contribution is -1.99. The van der Waals surface area contributed by atoms with E-state index >= 15 is 0 Å². The minimum Gasteiger partial charge on any atom is -0.512 e. The van der Waals surface area contributed by atoms with Crippen LogP contribution in [0.1, 0.15) is 19.4 Å². The van der Waals surface area contributed by atoms with Crippen molar-refractivity contribution in [3.05, 3.63) is 40.6 Å². The molecule has 2 nitrogen and oxygen atoms in total. The van der Waals surface area contributed by atoms with Crippen LogP contribution < -0.4 is 0 Å². The van der Waals surface area contributed by atoms with Gasteiger partial charge >= 0.3 is 0 Å². The molecule has 0 spiro atoms. The molecule has 0 radical (unpaired) electrons. The van der Waals surface area contributed by atoms with E-state index in [4.69, 9.17) is 11.6 Å². The van der Waals surface area contributed by atoms with E-state index in [1.165, 1.54) is 13.8 Å². The minimum absolute atomic E-state index is 0.0276. The standard InChI is InChI=1S/C11H11ClO2/c1-7(13)11(8(2)14)9-3-5-10(12)6-4-9/h3-6,13H,1-2H3. The van der Waals surface area contributed by atoms with Crippen molar-refractivity contribution in [2.45, 2.75) is 13.8 Å². The highest BCUT2D eigenvalue weighted by Gasteiger charge is 2.10. The van der Waals surface area contributed by atoms with Crippen LogP contribution in [0.3, 0.4) is 0 Å². The monoisotopic (exact) mass is 210 g/mol. The molecule has 1 aromatic rings. The van der Waals surface area contributed by atoms with Crippen LogP contribution in [0.15, 0.2) is 30.0 Å². The molecule has 0 bridgehead atoms. The number of carbonyl (C=O) groups excluding carboxylic acids is 1. The van der Waals surface area contributed by atoms with Crippen LogP contribution in [-0.2, 0) is 4.79 Å². The van der Waals surface area contributed by atoms with Gasteiger partial charge in [-0.05, 0) is 31.5 Å². The van der Waals surface area contributed by atoms with E-state index in [1.807, 2.05) is 0 Å². The van der Waals surface area contributed by atoms with Crippen molar-refractivity contribution in [3.8, 4) is 0 Å². The number of ketones is 1. The summed E-state index contributed by atoms with van der Waals surface area (Å²) in [4.78, 5) is 11.2. The number of hydrogen-bond donors (Lipinski definition) is 1. The van der Waals surface area contributed by atoms with Gasteiger partial charge in [0.05, 0.1) is 5.57 Å². The maximum absolute atomic E-state index is 11.2. The Bertz CT molecular complexity index is 373. The topological polar surface area (TPSA) is 37.3 Å². The summed E-state index contributed by atoms with van der Waals surface area (Å²) >= 11 is 5.71. The highest BCUT2D eigenvalue weighted by molar-refractivity contribution is 6.30. The summed E-state index contributed by atoms with van der Waals surface area (Å²) in [6, 6.07) is 6.78. The van der Waals surface area contributed by atoms with Crippen LogP contribution >= 0.6 is 11.6 Å². The first-order valence-electron chi connectivity index (χ1n) is 4.19. The molecular weight excluding hydrogens is 200 g/mol. The van der Waals surface area contributed by atoms with Gasteiger partial charge in [0, 0.05) is 5.02 Å². The second kappa shape index (κ2) is 4.29. The number of Topliss-reactive ketones (excluding diaryl/α,β-unsaturated/α-hetero) is 1. The zero-order valence-corrected chi connectivity index (χ0v) is 8.80. The van der Waals surface area contributed by atoms with E-state index in [0.717, 1.165) is 0 Å². The summed E-state index contributed by atoms with van der Waals surface area (Å²) in [7, 11) is 0. The number of aliphatic hydroxyl groups is 1. The number of rotatable bonds is 2. The molecule has 0 aromatic heterocycles. The zero-order chi connectivity index (χ0) is 10.7. The largest absolute Gasteiger partial charge is 0.512 e. The maximum Gasteiger partial charge on any atom is 0.163 e. The minimum atomic E-state index is -0.160. The third-order valence-electron chi connectivity index (χ3n) is 1.85. The van der Waals surface area contributed by atoms with E-state index in [2.05, 4.69) is 0 Å². The van der Waals surface area contributed by atoms with Gasteiger partial charge in [-0.25, -0.2) is 0 Å². The Morgan fingerprint density at radius 1 is 1.21 bits per heavy atom. The van der Waals surface area contributed by atoms with Crippen molar-refractivity contribution < 1.29 is 9.90 Å². The van der Waals surface area contributed by atoms with Gasteiger partial charge in [0.25, 0.3) is 0 Å². The van der Waals surface area contributed by atoms with E-state index in [9.17, 15) is 9.90 Å². The van der Waals surface area contributed by atoms with Crippen molar-refractivity contribution in [1.82, 2.24) is 0 Å². The average molecular weight is 211 g/mol. The van der Waals surface area contributed by atoms with Crippen molar-refractivity contribution in [1.29, 1.82) is 0 Å². The summed E-state index contributed by atoms with van der Waals surface area (Å²) in [5.41, 5.74) is 1.02. The molecule has 3 heteroatoms. The molecule has 0 aliphatic carbocycles. The predicted molar refractivity (Wildman–Crippen MR) is 57.4 cm³/mol. The van der Waals surface area contributed by atoms with Gasteiger partial charge in [-0.2, -0.15) is 0 Å². The molecule has 0 fully saturated rings. The molecule has 74 valence electrons. The number of hydrogen-bond acceptors (Lipinski definition) is 2. The van der Waals surface area contributed by atoms with Crippen molar-refractivity contribution in [2.75, 3.05) is 0 Å². The Balaban J connectivity index is 3.21. The molecule has 1 rings (SSSR count). The molecule has 0 unspecified atom stereocenters. The highest BCUT2D eigenvalue weighted by atomic mass is 35.5. The number of aliphatic hydroxyl groups excluding tert-OH is 1. The summed E-state index contributed by atoms with van der Waals surface area (Å²) in [5, 5.41) is 9.94. The smallest absolute Gasteiger partial charge is 0.163 e. The lowest BCUT2D eigenvalue weighted by Gasteiger charge is -2.04. The Kier molecular flexibility index (Phi) is 3.31. The number of allylic oxidation sites excluding steroid dienone is 2. The second-order valence-electron chi connectivity index (χ2n) is 3.02. The van der Waals surface area contributed by atoms with Crippen molar-refractivity contribution in [2.24, 2.45) is 0 Å².